The largest absolute Gasteiger partial charge is 0.380 e. The summed E-state index contributed by atoms with van der Waals surface area (Å²) >= 11 is 0. The molecule has 0 amide bonds. The molecule has 0 bridgehead atoms. The van der Waals surface area contributed by atoms with Gasteiger partial charge in [0.1, 0.15) is 22.7 Å². The van der Waals surface area contributed by atoms with Crippen molar-refractivity contribution in [1.29, 1.82) is 0 Å². The van der Waals surface area contributed by atoms with Crippen molar-refractivity contribution in [2.24, 2.45) is 0 Å². The number of hydrogen-bond acceptors (Lipinski definition) is 8. The minimum absolute atomic E-state index is 0. The Labute approximate surface area is 209 Å². The van der Waals surface area contributed by atoms with Crippen molar-refractivity contribution >= 4 is 35.7 Å². The molecule has 3 N–H and O–H groups in total. The van der Waals surface area contributed by atoms with Gasteiger partial charge in [0.2, 0.25) is 0 Å². The summed E-state index contributed by atoms with van der Waals surface area (Å²) in [6.45, 7) is 6.56. The number of benzene rings is 1. The zero-order valence-corrected chi connectivity index (χ0v) is 20.8. The Hall–Kier alpha value is -1.82. The number of halogens is 3. The summed E-state index contributed by atoms with van der Waals surface area (Å²) in [4.78, 5) is 6.44. The van der Waals surface area contributed by atoms with E-state index in [2.05, 4.69) is 20.6 Å². The van der Waals surface area contributed by atoms with Crippen LogP contribution < -0.4 is 5.32 Å². The predicted molar refractivity (Wildman–Crippen MR) is 129 cm³/mol. The van der Waals surface area contributed by atoms with Gasteiger partial charge < -0.3 is 20.1 Å². The molecule has 0 radical (unpaired) electrons. The van der Waals surface area contributed by atoms with Crippen LogP contribution in [0.25, 0.3) is 16.9 Å². The van der Waals surface area contributed by atoms with Gasteiger partial charge in [-0.1, -0.05) is 26.0 Å². The van der Waals surface area contributed by atoms with E-state index in [1.54, 1.807) is 6.07 Å². The Morgan fingerprint density at radius 2 is 1.76 bits per heavy atom. The third kappa shape index (κ3) is 4.55. The molecule has 4 heterocycles. The van der Waals surface area contributed by atoms with Gasteiger partial charge in [0.05, 0.1) is 5.69 Å². The van der Waals surface area contributed by atoms with Crippen LogP contribution in [0.15, 0.2) is 22.7 Å². The Morgan fingerprint density at radius 3 is 2.41 bits per heavy atom. The van der Waals surface area contributed by atoms with Gasteiger partial charge in [-0.25, -0.2) is 4.39 Å². The third-order valence-electron chi connectivity index (χ3n) is 6.82. The fourth-order valence-corrected chi connectivity index (χ4v) is 4.86. The minimum Gasteiger partial charge on any atom is -0.380 e. The molecule has 2 aromatic heterocycles. The van der Waals surface area contributed by atoms with Crippen molar-refractivity contribution in [2.75, 3.05) is 26.2 Å². The number of hydrogen-bond donors (Lipinski definition) is 3. The number of para-hydroxylation sites is 1. The highest BCUT2D eigenvalue weighted by Crippen LogP contribution is 2.36. The van der Waals surface area contributed by atoms with Crippen molar-refractivity contribution < 1.29 is 19.1 Å². The van der Waals surface area contributed by atoms with Gasteiger partial charge in [0.15, 0.2) is 0 Å². The van der Waals surface area contributed by atoms with E-state index in [9.17, 15) is 14.6 Å². The van der Waals surface area contributed by atoms with Gasteiger partial charge in [-0.05, 0) is 43.1 Å². The molecule has 12 heteroatoms. The standard InChI is InChI=1S/C22H29FN6O3.2ClH/c1-14(2)17-15-4-3-5-16(23)18(15)29(26-17)20-25-19(32-27-20)21(30)8-12-28(13-9-21)22(31)6-10-24-11-7-22;;/h3-5,14,24,30-31H,6-13H2,1-2H3;2*1H. The molecular formula is C22H31Cl2FN6O3. The lowest BCUT2D eigenvalue weighted by molar-refractivity contribution is -0.161. The van der Waals surface area contributed by atoms with Gasteiger partial charge in [0, 0.05) is 31.3 Å². The highest BCUT2D eigenvalue weighted by atomic mass is 35.5. The van der Waals surface area contributed by atoms with Crippen LogP contribution in [0.5, 0.6) is 0 Å². The molecule has 1 aromatic carbocycles. The summed E-state index contributed by atoms with van der Waals surface area (Å²) in [6.07, 6.45) is 2.03. The second-order valence-electron chi connectivity index (χ2n) is 9.24. The van der Waals surface area contributed by atoms with E-state index in [-0.39, 0.29) is 42.6 Å². The van der Waals surface area contributed by atoms with Crippen LogP contribution in [0.3, 0.4) is 0 Å². The summed E-state index contributed by atoms with van der Waals surface area (Å²) in [5, 5.41) is 34.7. The van der Waals surface area contributed by atoms with Crippen LogP contribution in [-0.2, 0) is 5.60 Å². The molecule has 2 fully saturated rings. The monoisotopic (exact) mass is 516 g/mol. The second-order valence-corrected chi connectivity index (χ2v) is 9.24. The van der Waals surface area contributed by atoms with E-state index < -0.39 is 17.1 Å². The van der Waals surface area contributed by atoms with E-state index >= 15 is 0 Å². The van der Waals surface area contributed by atoms with Gasteiger partial charge >= 0.3 is 0 Å². The number of aliphatic hydroxyl groups is 2. The molecule has 188 valence electrons. The molecule has 0 aliphatic carbocycles. The highest BCUT2D eigenvalue weighted by Gasteiger charge is 2.45. The van der Waals surface area contributed by atoms with Crippen LogP contribution >= 0.6 is 24.8 Å². The lowest BCUT2D eigenvalue weighted by Crippen LogP contribution is -2.58. The maximum atomic E-state index is 14.7. The number of piperidine rings is 2. The molecule has 5 rings (SSSR count). The van der Waals surface area contributed by atoms with Gasteiger partial charge in [-0.3, -0.25) is 4.90 Å². The van der Waals surface area contributed by atoms with Crippen molar-refractivity contribution in [3.63, 3.8) is 0 Å². The third-order valence-corrected chi connectivity index (χ3v) is 6.82. The molecule has 34 heavy (non-hydrogen) atoms. The number of likely N-dealkylation sites (tertiary alicyclic amines) is 1. The van der Waals surface area contributed by atoms with Crippen molar-refractivity contribution in [3.8, 4) is 5.95 Å². The molecule has 2 saturated heterocycles. The highest BCUT2D eigenvalue weighted by molar-refractivity contribution is 5.86. The Morgan fingerprint density at radius 1 is 1.09 bits per heavy atom. The Balaban J connectivity index is 0.00000162. The van der Waals surface area contributed by atoms with Gasteiger partial charge in [-0.15, -0.1) is 24.8 Å². The molecule has 2 aliphatic rings. The average Bonchev–Trinajstić information content (AvgIpc) is 3.41. The summed E-state index contributed by atoms with van der Waals surface area (Å²) in [7, 11) is 0. The Kier molecular flexibility index (Phi) is 7.91. The minimum atomic E-state index is -1.30. The lowest BCUT2D eigenvalue weighted by atomic mass is 9.88. The summed E-state index contributed by atoms with van der Waals surface area (Å²) in [5.41, 5.74) is -1.11. The number of nitrogens with zero attached hydrogens (tertiary/aromatic N) is 5. The zero-order chi connectivity index (χ0) is 22.5. The van der Waals surface area contributed by atoms with Crippen molar-refractivity contribution in [2.45, 2.75) is 56.8 Å². The first kappa shape index (κ1) is 26.8. The number of nitrogens with one attached hydrogen (secondary N) is 1. The summed E-state index contributed by atoms with van der Waals surface area (Å²) in [5.74, 6) is -0.151. The van der Waals surface area contributed by atoms with Gasteiger partial charge in [0.25, 0.3) is 11.8 Å². The molecule has 3 aromatic rings. The van der Waals surface area contributed by atoms with Crippen LogP contribution in [-0.4, -0.2) is 66.9 Å². The van der Waals surface area contributed by atoms with E-state index in [4.69, 9.17) is 4.52 Å². The van der Waals surface area contributed by atoms with Crippen LogP contribution in [0.4, 0.5) is 4.39 Å². The van der Waals surface area contributed by atoms with Crippen LogP contribution in [0.1, 0.15) is 57.0 Å². The average molecular weight is 517 g/mol. The second kappa shape index (κ2) is 10.0. The molecule has 0 spiro atoms. The molecule has 0 atom stereocenters. The lowest BCUT2D eigenvalue weighted by Gasteiger charge is -2.46. The smallest absolute Gasteiger partial charge is 0.291 e. The van der Waals surface area contributed by atoms with Crippen molar-refractivity contribution in [3.05, 3.63) is 35.6 Å². The predicted octanol–water partition coefficient (Wildman–Crippen LogP) is 2.87. The topological polar surface area (TPSA) is 112 Å². The van der Waals surface area contributed by atoms with E-state index in [1.807, 2.05) is 24.8 Å². The maximum absolute atomic E-state index is 14.7. The molecular weight excluding hydrogens is 486 g/mol. The van der Waals surface area contributed by atoms with E-state index in [0.29, 0.717) is 49.7 Å². The SMILES string of the molecule is CC(C)c1nn(-c2noc(C3(O)CCN(C4(O)CCNCC4)CC3)n2)c2c(F)cccc12.Cl.Cl. The molecule has 0 unspecified atom stereocenters. The quantitative estimate of drug-likeness (QED) is 0.485. The molecule has 2 aliphatic heterocycles. The van der Waals surface area contributed by atoms with Crippen molar-refractivity contribution in [1.82, 2.24) is 30.1 Å². The molecule has 0 saturated carbocycles. The van der Waals surface area contributed by atoms with E-state index in [1.165, 1.54) is 10.7 Å². The number of fused-ring (bicyclic) bond motifs is 1. The fourth-order valence-electron chi connectivity index (χ4n) is 4.86. The van der Waals surface area contributed by atoms with Gasteiger partial charge in [-0.2, -0.15) is 14.8 Å². The first-order chi connectivity index (χ1) is 15.3. The number of aromatic nitrogens is 4. The van der Waals surface area contributed by atoms with Crippen LogP contribution in [0, 0.1) is 5.82 Å². The normalized spacial score (nSPS) is 20.2. The van der Waals surface area contributed by atoms with Crippen LogP contribution in [0.2, 0.25) is 0 Å². The summed E-state index contributed by atoms with van der Waals surface area (Å²) in [6, 6.07) is 4.86. The Bertz CT molecular complexity index is 1120. The zero-order valence-electron chi connectivity index (χ0n) is 19.2. The summed E-state index contributed by atoms with van der Waals surface area (Å²) < 4.78 is 21.5. The molecule has 9 nitrogen and oxygen atoms in total. The van der Waals surface area contributed by atoms with E-state index in [0.717, 1.165) is 18.8 Å². The first-order valence-electron chi connectivity index (χ1n) is 11.2. The first-order valence-corrected chi connectivity index (χ1v) is 11.2. The maximum Gasteiger partial charge on any atom is 0.291 e. The fraction of sp³-hybridized carbons (Fsp3) is 0.591. The number of rotatable bonds is 4.